The molecule has 0 saturated heterocycles. The van der Waals surface area contributed by atoms with Crippen LogP contribution in [0.4, 0.5) is 0 Å². The van der Waals surface area contributed by atoms with Crippen molar-refractivity contribution in [3.63, 3.8) is 0 Å². The van der Waals surface area contributed by atoms with Gasteiger partial charge in [-0.25, -0.2) is 4.98 Å². The number of aromatic nitrogens is 1. The minimum absolute atomic E-state index is 0.0583. The van der Waals surface area contributed by atoms with Crippen molar-refractivity contribution in [3.05, 3.63) is 59.9 Å². The molecule has 0 unspecified atom stereocenters. The molecule has 92 valence electrons. The molecule has 0 N–H and O–H groups in total. The summed E-state index contributed by atoms with van der Waals surface area (Å²) >= 11 is 5.45. The van der Waals surface area contributed by atoms with Gasteiger partial charge in [-0.05, 0) is 17.7 Å². The average Bonchev–Trinajstić information content (AvgIpc) is 2.46. The third-order valence-corrected chi connectivity index (χ3v) is 2.63. The number of Topliss-reactive ketones (excluding diaryl/α,β-unsaturated/α-hetero) is 1. The molecule has 0 aliphatic heterocycles. The van der Waals surface area contributed by atoms with E-state index in [9.17, 15) is 4.79 Å². The Morgan fingerprint density at radius 2 is 1.94 bits per heavy atom. The van der Waals surface area contributed by atoms with Crippen molar-refractivity contribution in [1.82, 2.24) is 4.98 Å². The van der Waals surface area contributed by atoms with E-state index in [0.717, 1.165) is 5.56 Å². The lowest BCUT2D eigenvalue weighted by molar-refractivity contribution is 0.101. The Bertz CT molecular complexity index is 511. The van der Waals surface area contributed by atoms with Gasteiger partial charge >= 0.3 is 0 Å². The van der Waals surface area contributed by atoms with E-state index in [1.54, 1.807) is 12.1 Å². The van der Waals surface area contributed by atoms with Crippen molar-refractivity contribution in [2.24, 2.45) is 0 Å². The summed E-state index contributed by atoms with van der Waals surface area (Å²) in [5.41, 5.74) is 1.44. The van der Waals surface area contributed by atoms with Gasteiger partial charge in [0.15, 0.2) is 5.78 Å². The summed E-state index contributed by atoms with van der Waals surface area (Å²) in [6.07, 6.45) is 1.53. The van der Waals surface area contributed by atoms with Gasteiger partial charge in [0.25, 0.3) is 0 Å². The molecule has 0 fully saturated rings. The Balaban J connectivity index is 1.97. The first-order chi connectivity index (χ1) is 8.79. The fourth-order valence-corrected chi connectivity index (χ4v) is 1.58. The minimum atomic E-state index is -0.189. The quantitative estimate of drug-likeness (QED) is 0.613. The lowest BCUT2D eigenvalue weighted by atomic mass is 10.2. The molecule has 1 aromatic carbocycles. The summed E-state index contributed by atoms with van der Waals surface area (Å²) in [5.74, 6) is 0.383. The summed E-state index contributed by atoms with van der Waals surface area (Å²) in [6.45, 7) is 0.477. The number of carbonyl (C=O) groups is 1. The number of ketones is 1. The smallest absolute Gasteiger partial charge is 0.195 e. The van der Waals surface area contributed by atoms with Crippen LogP contribution < -0.4 is 4.74 Å². The highest BCUT2D eigenvalue weighted by molar-refractivity contribution is 6.30. The molecule has 18 heavy (non-hydrogen) atoms. The molecule has 4 heteroatoms. The summed E-state index contributed by atoms with van der Waals surface area (Å²) in [6, 6.07) is 13.2. The van der Waals surface area contributed by atoms with Crippen LogP contribution in [-0.4, -0.2) is 16.6 Å². The number of carbonyl (C=O) groups excluding carboxylic acids is 1. The molecule has 0 bridgehead atoms. The molecule has 0 spiro atoms. The Kier molecular flexibility index (Phi) is 4.31. The molecule has 0 saturated carbocycles. The third-order valence-electron chi connectivity index (χ3n) is 2.39. The van der Waals surface area contributed by atoms with E-state index in [-0.39, 0.29) is 11.7 Å². The molecule has 3 nitrogen and oxygen atoms in total. The maximum Gasteiger partial charge on any atom is 0.195 e. The predicted molar refractivity (Wildman–Crippen MR) is 70.1 cm³/mol. The Hall–Kier alpha value is -1.87. The van der Waals surface area contributed by atoms with E-state index in [2.05, 4.69) is 4.98 Å². The first-order valence-corrected chi connectivity index (χ1v) is 6.05. The van der Waals surface area contributed by atoms with Crippen LogP contribution in [-0.2, 0) is 6.61 Å². The van der Waals surface area contributed by atoms with E-state index >= 15 is 0 Å². The fraction of sp³-hybridized carbons (Fsp3) is 0.143. The summed E-state index contributed by atoms with van der Waals surface area (Å²) in [7, 11) is 0. The molecule has 0 atom stereocenters. The molecule has 2 aromatic rings. The Labute approximate surface area is 110 Å². The zero-order valence-corrected chi connectivity index (χ0v) is 10.4. The highest BCUT2D eigenvalue weighted by atomic mass is 35.5. The minimum Gasteiger partial charge on any atom is -0.487 e. The van der Waals surface area contributed by atoms with Crippen LogP contribution in [0.25, 0.3) is 0 Å². The van der Waals surface area contributed by atoms with Gasteiger partial charge in [0.2, 0.25) is 0 Å². The molecule has 1 heterocycles. The maximum absolute atomic E-state index is 11.3. The van der Waals surface area contributed by atoms with E-state index in [1.165, 1.54) is 6.20 Å². The van der Waals surface area contributed by atoms with E-state index < -0.39 is 0 Å². The standard InChI is InChI=1S/C14H12ClNO2/c15-8-14(17)13-7-6-12(9-16-13)18-10-11-4-2-1-3-5-11/h1-7,9H,8,10H2. The molecule has 2 rings (SSSR count). The monoisotopic (exact) mass is 261 g/mol. The van der Waals surface area contributed by atoms with Crippen LogP contribution >= 0.6 is 11.6 Å². The highest BCUT2D eigenvalue weighted by Gasteiger charge is 2.05. The zero-order chi connectivity index (χ0) is 12.8. The first kappa shape index (κ1) is 12.6. The number of halogens is 1. The largest absolute Gasteiger partial charge is 0.487 e. The molecule has 0 amide bonds. The molecular weight excluding hydrogens is 250 g/mol. The van der Waals surface area contributed by atoms with Crippen molar-refractivity contribution < 1.29 is 9.53 Å². The van der Waals surface area contributed by atoms with Crippen LogP contribution in [0.1, 0.15) is 16.1 Å². The second-order valence-corrected chi connectivity index (χ2v) is 3.98. The van der Waals surface area contributed by atoms with Gasteiger partial charge in [0.05, 0.1) is 12.1 Å². The van der Waals surface area contributed by atoms with Crippen LogP contribution in [0.2, 0.25) is 0 Å². The topological polar surface area (TPSA) is 39.2 Å². The Morgan fingerprint density at radius 1 is 1.17 bits per heavy atom. The SMILES string of the molecule is O=C(CCl)c1ccc(OCc2ccccc2)cn1. The van der Waals surface area contributed by atoms with Crippen molar-refractivity contribution in [1.29, 1.82) is 0 Å². The van der Waals surface area contributed by atoms with Crippen LogP contribution in [0.3, 0.4) is 0 Å². The van der Waals surface area contributed by atoms with E-state index in [4.69, 9.17) is 16.3 Å². The summed E-state index contributed by atoms with van der Waals surface area (Å²) in [5, 5.41) is 0. The number of benzene rings is 1. The van der Waals surface area contributed by atoms with Crippen LogP contribution in [0.5, 0.6) is 5.75 Å². The zero-order valence-electron chi connectivity index (χ0n) is 9.67. The number of hydrogen-bond acceptors (Lipinski definition) is 3. The van der Waals surface area contributed by atoms with Crippen molar-refractivity contribution in [2.45, 2.75) is 6.61 Å². The maximum atomic E-state index is 11.3. The number of alkyl halides is 1. The third kappa shape index (κ3) is 3.31. The van der Waals surface area contributed by atoms with Gasteiger partial charge in [0, 0.05) is 0 Å². The van der Waals surface area contributed by atoms with E-state index in [0.29, 0.717) is 18.1 Å². The van der Waals surface area contributed by atoms with Gasteiger partial charge in [-0.3, -0.25) is 4.79 Å². The van der Waals surface area contributed by atoms with Gasteiger partial charge in [0.1, 0.15) is 18.1 Å². The van der Waals surface area contributed by atoms with Crippen molar-refractivity contribution in [3.8, 4) is 5.75 Å². The van der Waals surface area contributed by atoms with Crippen LogP contribution in [0.15, 0.2) is 48.7 Å². The van der Waals surface area contributed by atoms with Gasteiger partial charge in [-0.2, -0.15) is 0 Å². The lowest BCUT2D eigenvalue weighted by Crippen LogP contribution is -2.03. The van der Waals surface area contributed by atoms with Crippen molar-refractivity contribution >= 4 is 17.4 Å². The first-order valence-electron chi connectivity index (χ1n) is 5.51. The van der Waals surface area contributed by atoms with Crippen molar-refractivity contribution in [2.75, 3.05) is 5.88 Å². The van der Waals surface area contributed by atoms with Crippen LogP contribution in [0, 0.1) is 0 Å². The molecule has 1 aromatic heterocycles. The summed E-state index contributed by atoms with van der Waals surface area (Å²) < 4.78 is 5.55. The lowest BCUT2D eigenvalue weighted by Gasteiger charge is -2.06. The molecule has 0 aliphatic rings. The van der Waals surface area contributed by atoms with Gasteiger partial charge in [-0.1, -0.05) is 30.3 Å². The molecule has 0 radical (unpaired) electrons. The van der Waals surface area contributed by atoms with Gasteiger partial charge < -0.3 is 4.74 Å². The fourth-order valence-electron chi connectivity index (χ4n) is 1.44. The normalized spacial score (nSPS) is 10.1. The molecule has 0 aliphatic carbocycles. The molecular formula is C14H12ClNO2. The number of hydrogen-bond donors (Lipinski definition) is 0. The number of nitrogens with zero attached hydrogens (tertiary/aromatic N) is 1. The average molecular weight is 262 g/mol. The van der Waals surface area contributed by atoms with Gasteiger partial charge in [-0.15, -0.1) is 11.6 Å². The number of pyridine rings is 1. The Morgan fingerprint density at radius 3 is 2.56 bits per heavy atom. The predicted octanol–water partition coefficient (Wildman–Crippen LogP) is 3.08. The second kappa shape index (κ2) is 6.17. The highest BCUT2D eigenvalue weighted by Crippen LogP contribution is 2.12. The summed E-state index contributed by atoms with van der Waals surface area (Å²) in [4.78, 5) is 15.3. The second-order valence-electron chi connectivity index (χ2n) is 3.71. The number of ether oxygens (including phenoxy) is 1. The van der Waals surface area contributed by atoms with E-state index in [1.807, 2.05) is 30.3 Å². The number of rotatable bonds is 5.